The van der Waals surface area contributed by atoms with Gasteiger partial charge < -0.3 is 25.2 Å². The monoisotopic (exact) mass is 426 g/mol. The molecule has 0 aliphatic heterocycles. The summed E-state index contributed by atoms with van der Waals surface area (Å²) in [4.78, 5) is 24.0. The predicted octanol–water partition coefficient (Wildman–Crippen LogP) is 3.80. The van der Waals surface area contributed by atoms with Crippen LogP contribution in [0.15, 0.2) is 48.5 Å². The first kappa shape index (κ1) is 22.6. The van der Waals surface area contributed by atoms with Crippen molar-refractivity contribution in [1.82, 2.24) is 10.6 Å². The second-order valence-corrected chi connectivity index (χ2v) is 8.57. The van der Waals surface area contributed by atoms with Crippen molar-refractivity contribution >= 4 is 12.2 Å². The highest BCUT2D eigenvalue weighted by Gasteiger charge is 2.29. The van der Waals surface area contributed by atoms with Crippen LogP contribution >= 0.6 is 0 Å². The standard InChI is InChI=1S/C24H30N2O5/c1-24(2,3)31-22(28)25-13-12-16(14-27)26-23(29)30-15-21-19-10-6-4-8-17(19)18-9-5-7-11-20(18)21/h4-11,16,21,27H,12-15H2,1-3H3,(H,25,28)(H,26,29). The van der Waals surface area contributed by atoms with Crippen molar-refractivity contribution in [3.63, 3.8) is 0 Å². The summed E-state index contributed by atoms with van der Waals surface area (Å²) in [7, 11) is 0. The first-order chi connectivity index (χ1) is 14.8. The number of carbonyl (C=O) groups excluding carboxylic acids is 2. The molecule has 0 spiro atoms. The van der Waals surface area contributed by atoms with E-state index in [9.17, 15) is 14.7 Å². The van der Waals surface area contributed by atoms with E-state index in [1.165, 1.54) is 0 Å². The lowest BCUT2D eigenvalue weighted by molar-refractivity contribution is 0.0524. The maximum Gasteiger partial charge on any atom is 0.407 e. The average Bonchev–Trinajstić information content (AvgIpc) is 3.04. The third-order valence-electron chi connectivity index (χ3n) is 5.05. The molecule has 0 bridgehead atoms. The second kappa shape index (κ2) is 9.83. The van der Waals surface area contributed by atoms with Gasteiger partial charge in [0.05, 0.1) is 12.6 Å². The number of alkyl carbamates (subject to hydrolysis) is 2. The zero-order chi connectivity index (χ0) is 22.4. The number of hydrogen-bond donors (Lipinski definition) is 3. The zero-order valence-corrected chi connectivity index (χ0v) is 18.2. The van der Waals surface area contributed by atoms with Gasteiger partial charge in [-0.3, -0.25) is 0 Å². The largest absolute Gasteiger partial charge is 0.449 e. The normalized spacial score (nSPS) is 13.7. The van der Waals surface area contributed by atoms with Crippen LogP contribution in [0.4, 0.5) is 9.59 Å². The number of nitrogens with one attached hydrogen (secondary N) is 2. The van der Waals surface area contributed by atoms with Crippen molar-refractivity contribution in [3.8, 4) is 11.1 Å². The van der Waals surface area contributed by atoms with Crippen LogP contribution in [0.1, 0.15) is 44.2 Å². The summed E-state index contributed by atoms with van der Waals surface area (Å²) in [6, 6.07) is 15.7. The summed E-state index contributed by atoms with van der Waals surface area (Å²) < 4.78 is 10.7. The van der Waals surface area contributed by atoms with Gasteiger partial charge in [0.25, 0.3) is 0 Å². The van der Waals surface area contributed by atoms with Crippen LogP contribution in [-0.4, -0.2) is 48.7 Å². The molecule has 3 N–H and O–H groups in total. The van der Waals surface area contributed by atoms with Crippen LogP contribution in [0.5, 0.6) is 0 Å². The number of benzene rings is 2. The first-order valence-corrected chi connectivity index (χ1v) is 10.5. The van der Waals surface area contributed by atoms with Crippen molar-refractivity contribution in [1.29, 1.82) is 0 Å². The Morgan fingerprint density at radius 3 is 2.13 bits per heavy atom. The van der Waals surface area contributed by atoms with E-state index in [0.29, 0.717) is 6.42 Å². The third kappa shape index (κ3) is 5.98. The second-order valence-electron chi connectivity index (χ2n) is 8.57. The number of aliphatic hydroxyl groups excluding tert-OH is 1. The van der Waals surface area contributed by atoms with Gasteiger partial charge in [-0.25, -0.2) is 9.59 Å². The van der Waals surface area contributed by atoms with E-state index < -0.39 is 23.8 Å². The van der Waals surface area contributed by atoms with E-state index in [1.54, 1.807) is 20.8 Å². The highest BCUT2D eigenvalue weighted by atomic mass is 16.6. The molecule has 7 nitrogen and oxygen atoms in total. The fourth-order valence-corrected chi connectivity index (χ4v) is 3.68. The molecular formula is C24H30N2O5. The number of ether oxygens (including phenoxy) is 2. The van der Waals surface area contributed by atoms with Crippen molar-refractivity contribution in [2.45, 2.75) is 44.8 Å². The molecule has 1 unspecified atom stereocenters. The van der Waals surface area contributed by atoms with Crippen LogP contribution in [0, 0.1) is 0 Å². The lowest BCUT2D eigenvalue weighted by Crippen LogP contribution is -2.41. The molecule has 0 aromatic heterocycles. The van der Waals surface area contributed by atoms with Gasteiger partial charge in [0, 0.05) is 12.5 Å². The lowest BCUT2D eigenvalue weighted by Gasteiger charge is -2.21. The zero-order valence-electron chi connectivity index (χ0n) is 18.2. The van der Waals surface area contributed by atoms with Crippen molar-refractivity contribution in [2.75, 3.05) is 19.8 Å². The summed E-state index contributed by atoms with van der Waals surface area (Å²) in [5, 5.41) is 14.8. The number of rotatable bonds is 7. The minimum absolute atomic E-state index is 0.0282. The van der Waals surface area contributed by atoms with E-state index in [4.69, 9.17) is 9.47 Å². The number of amides is 2. The van der Waals surface area contributed by atoms with E-state index in [-0.39, 0.29) is 25.7 Å². The maximum absolute atomic E-state index is 12.3. The predicted molar refractivity (Wildman–Crippen MR) is 118 cm³/mol. The molecule has 0 radical (unpaired) electrons. The molecule has 0 saturated carbocycles. The van der Waals surface area contributed by atoms with Crippen molar-refractivity contribution in [3.05, 3.63) is 59.7 Å². The molecule has 0 fully saturated rings. The minimum atomic E-state index is -0.599. The molecule has 1 aliphatic carbocycles. The number of hydrogen-bond acceptors (Lipinski definition) is 5. The molecule has 2 aromatic rings. The SMILES string of the molecule is CC(C)(C)OC(=O)NCCC(CO)NC(=O)OCC1c2ccccc2-c2ccccc21. The highest BCUT2D eigenvalue weighted by molar-refractivity contribution is 5.79. The first-order valence-electron chi connectivity index (χ1n) is 10.5. The maximum atomic E-state index is 12.3. The van der Waals surface area contributed by atoms with Crippen LogP contribution in [0.25, 0.3) is 11.1 Å². The summed E-state index contributed by atoms with van der Waals surface area (Å²) in [5.74, 6) is -0.0282. The summed E-state index contributed by atoms with van der Waals surface area (Å²) in [6.45, 7) is 5.53. The molecule has 0 heterocycles. The van der Waals surface area contributed by atoms with Crippen LogP contribution in [-0.2, 0) is 9.47 Å². The fraction of sp³-hybridized carbons (Fsp3) is 0.417. The molecule has 2 amide bonds. The van der Waals surface area contributed by atoms with Gasteiger partial charge in [0.1, 0.15) is 12.2 Å². The molecule has 1 atom stereocenters. The van der Waals surface area contributed by atoms with Gasteiger partial charge >= 0.3 is 12.2 Å². The van der Waals surface area contributed by atoms with Gasteiger partial charge in [-0.1, -0.05) is 48.5 Å². The number of carbonyl (C=O) groups is 2. The highest BCUT2D eigenvalue weighted by Crippen LogP contribution is 2.44. The third-order valence-corrected chi connectivity index (χ3v) is 5.05. The number of aliphatic hydroxyl groups is 1. The molecule has 7 heteroatoms. The van der Waals surface area contributed by atoms with Crippen LogP contribution in [0.3, 0.4) is 0 Å². The molecule has 166 valence electrons. The fourth-order valence-electron chi connectivity index (χ4n) is 3.68. The Balaban J connectivity index is 1.50. The van der Waals surface area contributed by atoms with Crippen LogP contribution in [0.2, 0.25) is 0 Å². The molecule has 31 heavy (non-hydrogen) atoms. The molecule has 3 rings (SSSR count). The Kier molecular flexibility index (Phi) is 7.17. The molecule has 0 saturated heterocycles. The molecule has 1 aliphatic rings. The van der Waals surface area contributed by atoms with Gasteiger partial charge in [-0.15, -0.1) is 0 Å². The quantitative estimate of drug-likeness (QED) is 0.626. The summed E-state index contributed by atoms with van der Waals surface area (Å²) in [5.41, 5.74) is 4.01. The van der Waals surface area contributed by atoms with Gasteiger partial charge in [0.15, 0.2) is 0 Å². The molecule has 2 aromatic carbocycles. The average molecular weight is 427 g/mol. The Morgan fingerprint density at radius 2 is 1.58 bits per heavy atom. The van der Waals surface area contributed by atoms with E-state index in [2.05, 4.69) is 34.9 Å². The Morgan fingerprint density at radius 1 is 1.00 bits per heavy atom. The van der Waals surface area contributed by atoms with Gasteiger partial charge in [0.2, 0.25) is 0 Å². The van der Waals surface area contributed by atoms with Crippen LogP contribution < -0.4 is 10.6 Å². The smallest absolute Gasteiger partial charge is 0.407 e. The lowest BCUT2D eigenvalue weighted by atomic mass is 9.98. The molecular weight excluding hydrogens is 396 g/mol. The van der Waals surface area contributed by atoms with E-state index >= 15 is 0 Å². The Hall–Kier alpha value is -3.06. The Labute approximate surface area is 182 Å². The van der Waals surface area contributed by atoms with Crippen molar-refractivity contribution < 1.29 is 24.2 Å². The number of fused-ring (bicyclic) bond motifs is 3. The van der Waals surface area contributed by atoms with Crippen molar-refractivity contribution in [2.24, 2.45) is 0 Å². The summed E-state index contributed by atoms with van der Waals surface area (Å²) >= 11 is 0. The minimum Gasteiger partial charge on any atom is -0.449 e. The summed E-state index contributed by atoms with van der Waals surface area (Å²) in [6.07, 6.45) is -0.788. The van der Waals surface area contributed by atoms with E-state index in [1.807, 2.05) is 24.3 Å². The topological polar surface area (TPSA) is 96.9 Å². The van der Waals surface area contributed by atoms with Gasteiger partial charge in [-0.2, -0.15) is 0 Å². The Bertz CT molecular complexity index is 877. The van der Waals surface area contributed by atoms with E-state index in [0.717, 1.165) is 22.3 Å². The van der Waals surface area contributed by atoms with Gasteiger partial charge in [-0.05, 0) is 49.4 Å².